The number of aromatic nitrogens is 4. The molecule has 6 nitrogen and oxygen atoms in total. The second-order valence-corrected chi connectivity index (χ2v) is 5.11. The maximum Gasteiger partial charge on any atom is 0.184 e. The summed E-state index contributed by atoms with van der Waals surface area (Å²) in [4.78, 5) is 0. The summed E-state index contributed by atoms with van der Waals surface area (Å²) in [7, 11) is 0. The summed E-state index contributed by atoms with van der Waals surface area (Å²) in [5, 5.41) is 12.0. The van der Waals surface area contributed by atoms with Gasteiger partial charge in [0.05, 0.1) is 5.54 Å². The lowest BCUT2D eigenvalue weighted by molar-refractivity contribution is 0.148. The third-order valence-electron chi connectivity index (χ3n) is 3.73. The quantitative estimate of drug-likeness (QED) is 0.778. The first-order chi connectivity index (χ1) is 8.60. The van der Waals surface area contributed by atoms with Crippen molar-refractivity contribution in [1.29, 1.82) is 0 Å². The molecule has 94 valence electrons. The average Bonchev–Trinajstić information content (AvgIpc) is 2.75. The number of hydrogen-bond acceptors (Lipinski definition) is 5. The minimum Gasteiger partial charge on any atom is -0.399 e. The number of nitrogen functional groups attached to an aromatic ring is 2. The van der Waals surface area contributed by atoms with Gasteiger partial charge in [-0.1, -0.05) is 0 Å². The molecule has 18 heavy (non-hydrogen) atoms. The molecule has 0 saturated heterocycles. The van der Waals surface area contributed by atoms with Gasteiger partial charge in [0, 0.05) is 16.9 Å². The summed E-state index contributed by atoms with van der Waals surface area (Å²) in [5.41, 5.74) is 13.8. The molecule has 1 aromatic carbocycles. The van der Waals surface area contributed by atoms with Crippen molar-refractivity contribution < 1.29 is 0 Å². The van der Waals surface area contributed by atoms with Crippen molar-refractivity contribution >= 4 is 11.4 Å². The van der Waals surface area contributed by atoms with E-state index in [9.17, 15) is 0 Å². The van der Waals surface area contributed by atoms with Gasteiger partial charge < -0.3 is 11.5 Å². The van der Waals surface area contributed by atoms with Crippen molar-refractivity contribution in [3.05, 3.63) is 18.2 Å². The zero-order valence-corrected chi connectivity index (χ0v) is 10.3. The van der Waals surface area contributed by atoms with E-state index in [0.717, 1.165) is 24.2 Å². The van der Waals surface area contributed by atoms with Gasteiger partial charge in [-0.2, -0.15) is 0 Å². The normalized spacial score (nSPS) is 17.4. The molecule has 1 aliphatic rings. The van der Waals surface area contributed by atoms with Crippen molar-refractivity contribution in [3.8, 4) is 11.4 Å². The van der Waals surface area contributed by atoms with Crippen LogP contribution in [0.15, 0.2) is 18.2 Å². The molecular weight excluding hydrogens is 228 g/mol. The van der Waals surface area contributed by atoms with Crippen LogP contribution in [0.25, 0.3) is 11.4 Å². The van der Waals surface area contributed by atoms with Crippen LogP contribution in [0.5, 0.6) is 0 Å². The molecular formula is C12H16N6. The fourth-order valence-electron chi connectivity index (χ4n) is 2.40. The van der Waals surface area contributed by atoms with Gasteiger partial charge in [-0.15, -0.1) is 5.10 Å². The van der Waals surface area contributed by atoms with E-state index in [0.29, 0.717) is 11.4 Å². The van der Waals surface area contributed by atoms with Gasteiger partial charge in [0.25, 0.3) is 0 Å². The predicted octanol–water partition coefficient (Wildman–Crippen LogP) is 1.40. The number of nitrogens with two attached hydrogens (primary N) is 2. The van der Waals surface area contributed by atoms with E-state index in [1.807, 2.05) is 16.8 Å². The van der Waals surface area contributed by atoms with E-state index < -0.39 is 0 Å². The lowest BCUT2D eigenvalue weighted by Crippen LogP contribution is -2.38. The van der Waals surface area contributed by atoms with Crippen molar-refractivity contribution in [2.45, 2.75) is 31.7 Å². The molecule has 3 rings (SSSR count). The van der Waals surface area contributed by atoms with E-state index in [-0.39, 0.29) is 5.54 Å². The lowest BCUT2D eigenvalue weighted by atomic mass is 9.78. The Morgan fingerprint density at radius 3 is 2.67 bits per heavy atom. The fourth-order valence-corrected chi connectivity index (χ4v) is 2.40. The van der Waals surface area contributed by atoms with E-state index >= 15 is 0 Å². The van der Waals surface area contributed by atoms with E-state index in [1.165, 1.54) is 6.42 Å². The molecule has 0 aliphatic heterocycles. The van der Waals surface area contributed by atoms with E-state index in [2.05, 4.69) is 22.4 Å². The van der Waals surface area contributed by atoms with Crippen LogP contribution in [0, 0.1) is 0 Å². The third-order valence-corrected chi connectivity index (χ3v) is 3.73. The molecule has 0 amide bonds. The van der Waals surface area contributed by atoms with E-state index in [4.69, 9.17) is 11.5 Å². The SMILES string of the molecule is CC1(n2nnnc2-c2ccc(N)cc2N)CCC1. The highest BCUT2D eigenvalue weighted by molar-refractivity contribution is 5.74. The van der Waals surface area contributed by atoms with Crippen molar-refractivity contribution in [1.82, 2.24) is 20.2 Å². The highest BCUT2D eigenvalue weighted by Crippen LogP contribution is 2.40. The van der Waals surface area contributed by atoms with Gasteiger partial charge in [0.2, 0.25) is 0 Å². The summed E-state index contributed by atoms with van der Waals surface area (Å²) in [6.45, 7) is 2.17. The Hall–Kier alpha value is -2.11. The average molecular weight is 244 g/mol. The highest BCUT2D eigenvalue weighted by atomic mass is 15.6. The summed E-state index contributed by atoms with van der Waals surface area (Å²) in [6.07, 6.45) is 3.41. The Bertz CT molecular complexity index is 584. The van der Waals surface area contributed by atoms with Crippen molar-refractivity contribution in [2.24, 2.45) is 0 Å². The van der Waals surface area contributed by atoms with Gasteiger partial charge >= 0.3 is 0 Å². The van der Waals surface area contributed by atoms with Crippen molar-refractivity contribution in [3.63, 3.8) is 0 Å². The molecule has 0 atom stereocenters. The summed E-state index contributed by atoms with van der Waals surface area (Å²) < 4.78 is 1.89. The predicted molar refractivity (Wildman–Crippen MR) is 69.6 cm³/mol. The molecule has 2 aromatic rings. The van der Waals surface area contributed by atoms with Crippen LogP contribution >= 0.6 is 0 Å². The molecule has 1 aliphatic carbocycles. The van der Waals surface area contributed by atoms with Crippen LogP contribution in [-0.2, 0) is 5.54 Å². The Morgan fingerprint density at radius 1 is 1.28 bits per heavy atom. The van der Waals surface area contributed by atoms with E-state index in [1.54, 1.807) is 6.07 Å². The summed E-state index contributed by atoms with van der Waals surface area (Å²) in [5.74, 6) is 0.717. The first kappa shape index (κ1) is 11.0. The number of hydrogen-bond donors (Lipinski definition) is 2. The van der Waals surface area contributed by atoms with Crippen LogP contribution in [-0.4, -0.2) is 20.2 Å². The number of benzene rings is 1. The van der Waals surface area contributed by atoms with Crippen molar-refractivity contribution in [2.75, 3.05) is 11.5 Å². The van der Waals surface area contributed by atoms with Crippen LogP contribution in [0.2, 0.25) is 0 Å². The Balaban J connectivity index is 2.10. The minimum atomic E-state index is 0.0205. The Morgan fingerprint density at radius 2 is 2.06 bits per heavy atom. The van der Waals surface area contributed by atoms with Crippen LogP contribution in [0.3, 0.4) is 0 Å². The smallest absolute Gasteiger partial charge is 0.184 e. The topological polar surface area (TPSA) is 95.6 Å². The summed E-state index contributed by atoms with van der Waals surface area (Å²) >= 11 is 0. The van der Waals surface area contributed by atoms with Gasteiger partial charge in [-0.05, 0) is 54.8 Å². The molecule has 6 heteroatoms. The zero-order valence-electron chi connectivity index (χ0n) is 10.3. The largest absolute Gasteiger partial charge is 0.399 e. The molecule has 1 aromatic heterocycles. The van der Waals surface area contributed by atoms with Gasteiger partial charge in [-0.25, -0.2) is 4.68 Å². The lowest BCUT2D eigenvalue weighted by Gasteiger charge is -2.38. The van der Waals surface area contributed by atoms with Gasteiger partial charge in [0.15, 0.2) is 5.82 Å². The zero-order chi connectivity index (χ0) is 12.8. The monoisotopic (exact) mass is 244 g/mol. The second kappa shape index (κ2) is 3.69. The van der Waals surface area contributed by atoms with Crippen LogP contribution < -0.4 is 11.5 Å². The molecule has 4 N–H and O–H groups in total. The minimum absolute atomic E-state index is 0.0205. The Kier molecular flexibility index (Phi) is 2.26. The molecule has 1 saturated carbocycles. The molecule has 0 radical (unpaired) electrons. The van der Waals surface area contributed by atoms with Gasteiger partial charge in [-0.3, -0.25) is 0 Å². The second-order valence-electron chi connectivity index (χ2n) is 5.11. The number of rotatable bonds is 2. The number of nitrogens with zero attached hydrogens (tertiary/aromatic N) is 4. The Labute approximate surface area is 105 Å². The molecule has 1 fully saturated rings. The molecule has 1 heterocycles. The van der Waals surface area contributed by atoms with Gasteiger partial charge in [0.1, 0.15) is 0 Å². The first-order valence-electron chi connectivity index (χ1n) is 6.04. The highest BCUT2D eigenvalue weighted by Gasteiger charge is 2.37. The number of tetrazole rings is 1. The van der Waals surface area contributed by atoms with Crippen LogP contribution in [0.4, 0.5) is 11.4 Å². The maximum atomic E-state index is 6.00. The third kappa shape index (κ3) is 1.53. The number of anilines is 2. The molecule has 0 unspecified atom stereocenters. The molecule has 0 bridgehead atoms. The molecule has 0 spiro atoms. The standard InChI is InChI=1S/C12H16N6/c1-12(5-2-6-12)18-11(15-16-17-18)9-4-3-8(13)7-10(9)14/h3-4,7H,2,5-6,13-14H2,1H3. The maximum absolute atomic E-state index is 6.00. The van der Waals surface area contributed by atoms with Crippen LogP contribution in [0.1, 0.15) is 26.2 Å². The first-order valence-corrected chi connectivity index (χ1v) is 6.04. The fraction of sp³-hybridized carbons (Fsp3) is 0.417. The summed E-state index contributed by atoms with van der Waals surface area (Å²) in [6, 6.07) is 5.42.